The second-order valence-electron chi connectivity index (χ2n) is 5.16. The first-order valence-corrected chi connectivity index (χ1v) is 8.22. The van der Waals surface area contributed by atoms with E-state index in [1.807, 2.05) is 11.3 Å². The SMILES string of the molecule is CCN(Cc1cc(C#CCN)cs1)C1CCCCC1. The van der Waals surface area contributed by atoms with Gasteiger partial charge in [0.05, 0.1) is 6.54 Å². The van der Waals surface area contributed by atoms with E-state index >= 15 is 0 Å². The van der Waals surface area contributed by atoms with Crippen molar-refractivity contribution in [3.63, 3.8) is 0 Å². The molecular formula is C16H24N2S. The highest BCUT2D eigenvalue weighted by molar-refractivity contribution is 7.10. The Morgan fingerprint density at radius 1 is 1.37 bits per heavy atom. The molecule has 0 unspecified atom stereocenters. The summed E-state index contributed by atoms with van der Waals surface area (Å²) < 4.78 is 0. The van der Waals surface area contributed by atoms with Gasteiger partial charge >= 0.3 is 0 Å². The van der Waals surface area contributed by atoms with E-state index in [-0.39, 0.29) is 0 Å². The maximum atomic E-state index is 5.40. The van der Waals surface area contributed by atoms with E-state index < -0.39 is 0 Å². The molecule has 2 nitrogen and oxygen atoms in total. The van der Waals surface area contributed by atoms with Crippen LogP contribution < -0.4 is 5.73 Å². The van der Waals surface area contributed by atoms with E-state index in [1.54, 1.807) is 0 Å². The van der Waals surface area contributed by atoms with Gasteiger partial charge in [-0.2, -0.15) is 0 Å². The smallest absolute Gasteiger partial charge is 0.0555 e. The number of hydrogen-bond acceptors (Lipinski definition) is 3. The number of nitrogens with zero attached hydrogens (tertiary/aromatic N) is 1. The molecule has 1 aliphatic rings. The summed E-state index contributed by atoms with van der Waals surface area (Å²) in [7, 11) is 0. The zero-order valence-electron chi connectivity index (χ0n) is 11.8. The fourth-order valence-electron chi connectivity index (χ4n) is 2.83. The van der Waals surface area contributed by atoms with Crippen molar-refractivity contribution in [2.75, 3.05) is 13.1 Å². The Kier molecular flexibility index (Phi) is 5.91. The van der Waals surface area contributed by atoms with Gasteiger partial charge in [0.2, 0.25) is 0 Å². The molecule has 1 heterocycles. The van der Waals surface area contributed by atoms with Crippen molar-refractivity contribution in [2.45, 2.75) is 51.6 Å². The minimum atomic E-state index is 0.439. The third-order valence-corrected chi connectivity index (χ3v) is 4.77. The molecule has 1 saturated carbocycles. The van der Waals surface area contributed by atoms with E-state index in [0.29, 0.717) is 6.54 Å². The molecule has 0 aromatic carbocycles. The number of rotatable bonds is 4. The summed E-state index contributed by atoms with van der Waals surface area (Å²) in [6, 6.07) is 3.01. The minimum Gasteiger partial charge on any atom is -0.320 e. The molecule has 0 aliphatic heterocycles. The lowest BCUT2D eigenvalue weighted by Gasteiger charge is -2.33. The van der Waals surface area contributed by atoms with Crippen molar-refractivity contribution < 1.29 is 0 Å². The molecular weight excluding hydrogens is 252 g/mol. The summed E-state index contributed by atoms with van der Waals surface area (Å²) in [5, 5.41) is 2.15. The lowest BCUT2D eigenvalue weighted by Crippen LogP contribution is -2.35. The van der Waals surface area contributed by atoms with Crippen molar-refractivity contribution in [2.24, 2.45) is 5.73 Å². The predicted molar refractivity (Wildman–Crippen MR) is 83.2 cm³/mol. The Morgan fingerprint density at radius 2 is 2.16 bits per heavy atom. The number of nitrogens with two attached hydrogens (primary N) is 1. The van der Waals surface area contributed by atoms with Crippen molar-refractivity contribution in [3.05, 3.63) is 21.9 Å². The third-order valence-electron chi connectivity index (χ3n) is 3.84. The van der Waals surface area contributed by atoms with Crippen LogP contribution in [0.15, 0.2) is 11.4 Å². The zero-order valence-corrected chi connectivity index (χ0v) is 12.6. The Labute approximate surface area is 121 Å². The molecule has 1 fully saturated rings. The summed E-state index contributed by atoms with van der Waals surface area (Å²) in [5.74, 6) is 6.03. The molecule has 1 aromatic rings. The van der Waals surface area contributed by atoms with Gasteiger partial charge in [0, 0.05) is 28.4 Å². The summed E-state index contributed by atoms with van der Waals surface area (Å²) in [6.07, 6.45) is 6.97. The first kappa shape index (κ1) is 14.6. The van der Waals surface area contributed by atoms with Gasteiger partial charge in [-0.1, -0.05) is 38.0 Å². The van der Waals surface area contributed by atoms with Gasteiger partial charge in [-0.3, -0.25) is 4.90 Å². The first-order chi connectivity index (χ1) is 9.33. The third kappa shape index (κ3) is 4.35. The molecule has 0 atom stereocenters. The fraction of sp³-hybridized carbons (Fsp3) is 0.625. The largest absolute Gasteiger partial charge is 0.320 e. The molecule has 0 amide bonds. The highest BCUT2D eigenvalue weighted by Crippen LogP contribution is 2.25. The van der Waals surface area contributed by atoms with Crippen LogP contribution in [0.25, 0.3) is 0 Å². The monoisotopic (exact) mass is 276 g/mol. The molecule has 0 spiro atoms. The molecule has 19 heavy (non-hydrogen) atoms. The van der Waals surface area contributed by atoms with Gasteiger partial charge in [0.25, 0.3) is 0 Å². The maximum Gasteiger partial charge on any atom is 0.0555 e. The van der Waals surface area contributed by atoms with Crippen LogP contribution >= 0.6 is 11.3 Å². The molecule has 0 radical (unpaired) electrons. The lowest BCUT2D eigenvalue weighted by atomic mass is 9.94. The predicted octanol–water partition coefficient (Wildman–Crippen LogP) is 3.21. The van der Waals surface area contributed by atoms with Crippen LogP contribution in [0.5, 0.6) is 0 Å². The van der Waals surface area contributed by atoms with Crippen LogP contribution in [0.2, 0.25) is 0 Å². The molecule has 0 bridgehead atoms. The van der Waals surface area contributed by atoms with Crippen molar-refractivity contribution in [1.82, 2.24) is 4.90 Å². The van der Waals surface area contributed by atoms with Crippen LogP contribution in [-0.4, -0.2) is 24.0 Å². The van der Waals surface area contributed by atoms with Gasteiger partial charge in [-0.25, -0.2) is 0 Å². The Bertz CT molecular complexity index is 435. The summed E-state index contributed by atoms with van der Waals surface area (Å²) in [6.45, 7) is 4.94. The van der Waals surface area contributed by atoms with E-state index in [4.69, 9.17) is 5.73 Å². The van der Waals surface area contributed by atoms with E-state index in [0.717, 1.165) is 24.7 Å². The number of thiophene rings is 1. The van der Waals surface area contributed by atoms with Crippen LogP contribution in [0.4, 0.5) is 0 Å². The highest BCUT2D eigenvalue weighted by Gasteiger charge is 2.20. The number of hydrogen-bond donors (Lipinski definition) is 1. The molecule has 1 aromatic heterocycles. The summed E-state index contributed by atoms with van der Waals surface area (Å²) in [5.41, 5.74) is 6.52. The molecule has 104 valence electrons. The molecule has 1 aliphatic carbocycles. The molecule has 2 rings (SSSR count). The summed E-state index contributed by atoms with van der Waals surface area (Å²) in [4.78, 5) is 4.05. The normalized spacial score (nSPS) is 16.4. The van der Waals surface area contributed by atoms with Gasteiger partial charge in [-0.15, -0.1) is 11.3 Å². The lowest BCUT2D eigenvalue weighted by molar-refractivity contribution is 0.157. The summed E-state index contributed by atoms with van der Waals surface area (Å²) >= 11 is 1.82. The Hall–Kier alpha value is -0.820. The quantitative estimate of drug-likeness (QED) is 0.856. The fourth-order valence-corrected chi connectivity index (χ4v) is 3.67. The van der Waals surface area contributed by atoms with Crippen LogP contribution in [0.1, 0.15) is 49.5 Å². The molecule has 2 N–H and O–H groups in total. The van der Waals surface area contributed by atoms with Crippen LogP contribution in [0, 0.1) is 11.8 Å². The second kappa shape index (κ2) is 7.69. The van der Waals surface area contributed by atoms with Gasteiger partial charge in [0.15, 0.2) is 0 Å². The van der Waals surface area contributed by atoms with Crippen molar-refractivity contribution >= 4 is 11.3 Å². The average Bonchev–Trinajstić information content (AvgIpc) is 2.91. The van der Waals surface area contributed by atoms with Crippen molar-refractivity contribution in [1.29, 1.82) is 0 Å². The van der Waals surface area contributed by atoms with Crippen LogP contribution in [-0.2, 0) is 6.54 Å². The van der Waals surface area contributed by atoms with E-state index in [9.17, 15) is 0 Å². The first-order valence-electron chi connectivity index (χ1n) is 7.34. The van der Waals surface area contributed by atoms with E-state index in [1.165, 1.54) is 37.0 Å². The molecule has 3 heteroatoms. The van der Waals surface area contributed by atoms with Crippen molar-refractivity contribution in [3.8, 4) is 11.8 Å². The Morgan fingerprint density at radius 3 is 2.84 bits per heavy atom. The Balaban J connectivity index is 1.95. The topological polar surface area (TPSA) is 29.3 Å². The zero-order chi connectivity index (χ0) is 13.5. The average molecular weight is 276 g/mol. The van der Waals surface area contributed by atoms with Gasteiger partial charge in [0.1, 0.15) is 0 Å². The van der Waals surface area contributed by atoms with E-state index in [2.05, 4.69) is 35.1 Å². The van der Waals surface area contributed by atoms with Gasteiger partial charge < -0.3 is 5.73 Å². The molecule has 0 saturated heterocycles. The minimum absolute atomic E-state index is 0.439. The maximum absolute atomic E-state index is 5.40. The van der Waals surface area contributed by atoms with Gasteiger partial charge in [-0.05, 0) is 25.5 Å². The van der Waals surface area contributed by atoms with Crippen LogP contribution in [0.3, 0.4) is 0 Å². The highest BCUT2D eigenvalue weighted by atomic mass is 32.1. The standard InChI is InChI=1S/C16H24N2S/c1-2-18(15-8-4-3-5-9-15)12-16-11-14(13-19-16)7-6-10-17/h11,13,15H,2-5,8-10,12,17H2,1H3. The second-order valence-corrected chi connectivity index (χ2v) is 6.16.